The number of ether oxygens (including phenoxy) is 1. The molecule has 1 atom stereocenters. The van der Waals surface area contributed by atoms with Crippen molar-refractivity contribution in [2.75, 3.05) is 6.61 Å². The molecule has 2 aromatic rings. The Morgan fingerprint density at radius 1 is 1.04 bits per heavy atom. The lowest BCUT2D eigenvalue weighted by molar-refractivity contribution is -0.159. The molecule has 136 valence electrons. The van der Waals surface area contributed by atoms with Gasteiger partial charge in [0.2, 0.25) is 0 Å². The third-order valence-corrected chi connectivity index (χ3v) is 4.92. The molecule has 0 heterocycles. The highest BCUT2D eigenvalue weighted by atomic mass is 79.9. The van der Waals surface area contributed by atoms with Crippen molar-refractivity contribution in [2.45, 2.75) is 26.7 Å². The zero-order valence-electron chi connectivity index (χ0n) is 15.1. The third kappa shape index (κ3) is 4.92. The number of halogens is 1. The number of allylic oxidation sites excluding steroid dienone is 1. The Hall–Kier alpha value is -2.20. The van der Waals surface area contributed by atoms with Gasteiger partial charge in [0.15, 0.2) is 5.78 Å². The summed E-state index contributed by atoms with van der Waals surface area (Å²) in [4.78, 5) is 25.8. The van der Waals surface area contributed by atoms with Gasteiger partial charge in [0.05, 0.1) is 6.61 Å². The normalized spacial score (nSPS) is 13.3. The molecular formula is C22H23BrO3. The lowest BCUT2D eigenvalue weighted by atomic mass is 9.75. The Morgan fingerprint density at radius 3 is 2.27 bits per heavy atom. The number of benzene rings is 2. The Morgan fingerprint density at radius 2 is 1.69 bits per heavy atom. The van der Waals surface area contributed by atoms with Crippen molar-refractivity contribution >= 4 is 33.8 Å². The topological polar surface area (TPSA) is 43.4 Å². The van der Waals surface area contributed by atoms with Crippen LogP contribution in [0, 0.1) is 5.41 Å². The summed E-state index contributed by atoms with van der Waals surface area (Å²) in [6.07, 6.45) is 3.94. The van der Waals surface area contributed by atoms with Crippen LogP contribution in [0.2, 0.25) is 0 Å². The molecule has 0 N–H and O–H groups in total. The van der Waals surface area contributed by atoms with E-state index < -0.39 is 11.4 Å². The molecular weight excluding hydrogens is 392 g/mol. The highest BCUT2D eigenvalue weighted by molar-refractivity contribution is 9.10. The molecule has 0 amide bonds. The van der Waals surface area contributed by atoms with Crippen molar-refractivity contribution in [2.24, 2.45) is 5.41 Å². The number of carbonyl (C=O) groups is 2. The van der Waals surface area contributed by atoms with E-state index in [2.05, 4.69) is 15.9 Å². The first-order valence-electron chi connectivity index (χ1n) is 8.71. The summed E-state index contributed by atoms with van der Waals surface area (Å²) >= 11 is 3.39. The van der Waals surface area contributed by atoms with E-state index in [0.29, 0.717) is 12.8 Å². The maximum absolute atomic E-state index is 13.1. The molecule has 0 unspecified atom stereocenters. The van der Waals surface area contributed by atoms with Crippen LogP contribution in [0.1, 0.15) is 31.4 Å². The smallest absolute Gasteiger partial charge is 0.320 e. The Kier molecular flexibility index (Phi) is 7.34. The van der Waals surface area contributed by atoms with Crippen LogP contribution in [-0.4, -0.2) is 18.4 Å². The van der Waals surface area contributed by atoms with Crippen LogP contribution in [0.5, 0.6) is 0 Å². The number of ketones is 1. The van der Waals surface area contributed by atoms with Gasteiger partial charge in [-0.15, -0.1) is 0 Å². The standard InChI is InChI=1S/C22H23BrO3/c1-3-22(21(25)26-4-2,16-18-8-6-5-7-9-18)20(24)15-12-17-10-13-19(23)14-11-17/h5-15H,3-4,16H2,1-2H3/b15-12+/t22-/m1/s1. The molecule has 26 heavy (non-hydrogen) atoms. The summed E-state index contributed by atoms with van der Waals surface area (Å²) in [6.45, 7) is 3.85. The quantitative estimate of drug-likeness (QED) is 0.337. The molecule has 0 bridgehead atoms. The number of rotatable bonds is 8. The van der Waals surface area contributed by atoms with E-state index in [4.69, 9.17) is 4.74 Å². The zero-order chi connectivity index (χ0) is 19.0. The van der Waals surface area contributed by atoms with Crippen LogP contribution in [0.25, 0.3) is 6.08 Å². The summed E-state index contributed by atoms with van der Waals surface area (Å²) < 4.78 is 6.23. The highest BCUT2D eigenvalue weighted by Gasteiger charge is 2.44. The lowest BCUT2D eigenvalue weighted by Crippen LogP contribution is -2.41. The Bertz CT molecular complexity index is 766. The second-order valence-corrected chi connectivity index (χ2v) is 6.98. The largest absolute Gasteiger partial charge is 0.465 e. The maximum Gasteiger partial charge on any atom is 0.320 e. The van der Waals surface area contributed by atoms with Crippen molar-refractivity contribution in [3.63, 3.8) is 0 Å². The van der Waals surface area contributed by atoms with E-state index in [0.717, 1.165) is 15.6 Å². The van der Waals surface area contributed by atoms with E-state index in [9.17, 15) is 9.59 Å². The minimum Gasteiger partial charge on any atom is -0.465 e. The second kappa shape index (κ2) is 9.48. The van der Waals surface area contributed by atoms with Gasteiger partial charge in [-0.3, -0.25) is 9.59 Å². The first-order valence-corrected chi connectivity index (χ1v) is 9.50. The van der Waals surface area contributed by atoms with Crippen molar-refractivity contribution < 1.29 is 14.3 Å². The molecule has 2 rings (SSSR count). The summed E-state index contributed by atoms with van der Waals surface area (Å²) in [7, 11) is 0. The predicted molar refractivity (Wildman–Crippen MR) is 108 cm³/mol. The summed E-state index contributed by atoms with van der Waals surface area (Å²) in [5.41, 5.74) is 0.631. The van der Waals surface area contributed by atoms with Crippen molar-refractivity contribution in [3.8, 4) is 0 Å². The van der Waals surface area contributed by atoms with E-state index in [1.54, 1.807) is 13.0 Å². The van der Waals surface area contributed by atoms with Crippen LogP contribution in [0.15, 0.2) is 65.1 Å². The van der Waals surface area contributed by atoms with Gasteiger partial charge >= 0.3 is 5.97 Å². The van der Waals surface area contributed by atoms with Crippen LogP contribution >= 0.6 is 15.9 Å². The average Bonchev–Trinajstić information content (AvgIpc) is 2.66. The van der Waals surface area contributed by atoms with Gasteiger partial charge < -0.3 is 4.74 Å². The molecule has 4 heteroatoms. The van der Waals surface area contributed by atoms with E-state index in [1.807, 2.05) is 61.5 Å². The van der Waals surface area contributed by atoms with Gasteiger partial charge in [-0.1, -0.05) is 71.4 Å². The molecule has 0 spiro atoms. The molecule has 0 aliphatic rings. The van der Waals surface area contributed by atoms with Gasteiger partial charge in [0.25, 0.3) is 0 Å². The van der Waals surface area contributed by atoms with Crippen molar-refractivity contribution in [1.82, 2.24) is 0 Å². The zero-order valence-corrected chi connectivity index (χ0v) is 16.7. The molecule has 0 fully saturated rings. The molecule has 0 saturated carbocycles. The molecule has 3 nitrogen and oxygen atoms in total. The lowest BCUT2D eigenvalue weighted by Gasteiger charge is -2.28. The second-order valence-electron chi connectivity index (χ2n) is 6.07. The average molecular weight is 415 g/mol. The molecule has 0 saturated heterocycles. The Labute approximate surface area is 163 Å². The SMILES string of the molecule is CCOC(=O)[C@](CC)(Cc1ccccc1)C(=O)/C=C/c1ccc(Br)cc1. The fourth-order valence-electron chi connectivity index (χ4n) is 2.82. The van der Waals surface area contributed by atoms with Crippen LogP contribution in [0.4, 0.5) is 0 Å². The number of carbonyl (C=O) groups excluding carboxylic acids is 2. The number of hydrogen-bond acceptors (Lipinski definition) is 3. The fourth-order valence-corrected chi connectivity index (χ4v) is 3.09. The van der Waals surface area contributed by atoms with Crippen LogP contribution < -0.4 is 0 Å². The fraction of sp³-hybridized carbons (Fsp3) is 0.273. The first kappa shape index (κ1) is 20.1. The van der Waals surface area contributed by atoms with E-state index in [-0.39, 0.29) is 12.4 Å². The summed E-state index contributed by atoms with van der Waals surface area (Å²) in [5, 5.41) is 0. The minimum atomic E-state index is -1.21. The molecule has 2 aromatic carbocycles. The van der Waals surface area contributed by atoms with Gasteiger partial charge in [0.1, 0.15) is 5.41 Å². The molecule has 0 radical (unpaired) electrons. The molecule has 0 aliphatic heterocycles. The van der Waals surface area contributed by atoms with E-state index >= 15 is 0 Å². The van der Waals surface area contributed by atoms with Gasteiger partial charge in [0, 0.05) is 4.47 Å². The molecule has 0 aliphatic carbocycles. The van der Waals surface area contributed by atoms with E-state index in [1.165, 1.54) is 6.08 Å². The van der Waals surface area contributed by atoms with Gasteiger partial charge in [-0.05, 0) is 49.1 Å². The third-order valence-electron chi connectivity index (χ3n) is 4.39. The summed E-state index contributed by atoms with van der Waals surface area (Å²) in [5.74, 6) is -0.693. The van der Waals surface area contributed by atoms with Crippen LogP contribution in [-0.2, 0) is 20.7 Å². The molecule has 0 aromatic heterocycles. The number of hydrogen-bond donors (Lipinski definition) is 0. The van der Waals surface area contributed by atoms with Gasteiger partial charge in [-0.25, -0.2) is 0 Å². The van der Waals surface area contributed by atoms with Crippen molar-refractivity contribution in [1.29, 1.82) is 0 Å². The summed E-state index contributed by atoms with van der Waals surface area (Å²) in [6, 6.07) is 17.2. The number of esters is 1. The van der Waals surface area contributed by atoms with Crippen molar-refractivity contribution in [3.05, 3.63) is 76.3 Å². The van der Waals surface area contributed by atoms with Crippen LogP contribution in [0.3, 0.4) is 0 Å². The Balaban J connectivity index is 2.33. The monoisotopic (exact) mass is 414 g/mol. The predicted octanol–water partition coefficient (Wildman–Crippen LogP) is 5.23. The minimum absolute atomic E-state index is 0.231. The maximum atomic E-state index is 13.1. The highest BCUT2D eigenvalue weighted by Crippen LogP contribution is 2.31. The van der Waals surface area contributed by atoms with Gasteiger partial charge in [-0.2, -0.15) is 0 Å². The first-order chi connectivity index (χ1) is 12.5.